The van der Waals surface area contributed by atoms with E-state index in [9.17, 15) is 5.11 Å². The Morgan fingerprint density at radius 3 is 1.93 bits per heavy atom. The highest BCUT2D eigenvalue weighted by atomic mass is 28.3. The summed E-state index contributed by atoms with van der Waals surface area (Å²) < 4.78 is 12.2. The second kappa shape index (κ2) is 12.0. The third-order valence-corrected chi connectivity index (χ3v) is 11.3. The molecule has 0 saturated carbocycles. The van der Waals surface area contributed by atoms with E-state index in [0.717, 1.165) is 79.5 Å². The van der Waals surface area contributed by atoms with Gasteiger partial charge in [-0.05, 0) is 60.2 Å². The Morgan fingerprint density at radius 2 is 1.43 bits per heavy atom. The highest BCUT2D eigenvalue weighted by molar-refractivity contribution is 6.92. The molecule has 0 saturated heterocycles. The highest BCUT2D eigenvalue weighted by Crippen LogP contribution is 2.32. The molecule has 0 aliphatic heterocycles. The predicted molar refractivity (Wildman–Crippen MR) is 130 cm³/mol. The van der Waals surface area contributed by atoms with Crippen LogP contribution in [0.25, 0.3) is 0 Å². The van der Waals surface area contributed by atoms with E-state index in [1.807, 2.05) is 6.07 Å². The molecule has 4 heteroatoms. The Morgan fingerprint density at radius 1 is 0.867 bits per heavy atom. The molecule has 0 aliphatic rings. The summed E-state index contributed by atoms with van der Waals surface area (Å²) >= 11 is 0. The van der Waals surface area contributed by atoms with Crippen molar-refractivity contribution < 1.29 is 14.6 Å². The van der Waals surface area contributed by atoms with Gasteiger partial charge in [-0.2, -0.15) is 0 Å². The molecule has 0 bridgehead atoms. The summed E-state index contributed by atoms with van der Waals surface area (Å²) in [5.74, 6) is 2.36. The zero-order chi connectivity index (χ0) is 22.0. The number of aryl methyl sites for hydroxylation is 2. The third kappa shape index (κ3) is 5.81. The average molecular weight is 429 g/mol. The molecule has 30 heavy (non-hydrogen) atoms. The van der Waals surface area contributed by atoms with Gasteiger partial charge in [-0.15, -0.1) is 0 Å². The zero-order valence-corrected chi connectivity index (χ0v) is 20.6. The van der Waals surface area contributed by atoms with Gasteiger partial charge in [0, 0.05) is 0 Å². The highest BCUT2D eigenvalue weighted by Gasteiger charge is 2.35. The van der Waals surface area contributed by atoms with Gasteiger partial charge in [0.05, 0.1) is 13.3 Å². The lowest BCUT2D eigenvalue weighted by Gasteiger charge is -2.31. The largest absolute Gasteiger partial charge is 0.507 e. The number of benzene rings is 2. The Bertz CT molecular complexity index is 755. The number of aromatic hydroxyl groups is 1. The number of methoxy groups -OCH3 is 1. The summed E-state index contributed by atoms with van der Waals surface area (Å²) in [5.41, 5.74) is 2.05. The molecular weight excluding hydrogens is 388 g/mol. The molecule has 0 amide bonds. The van der Waals surface area contributed by atoms with Crippen LogP contribution in [0.2, 0.25) is 12.1 Å². The molecule has 2 rings (SSSR count). The average Bonchev–Trinajstić information content (AvgIpc) is 2.79. The topological polar surface area (TPSA) is 38.7 Å². The van der Waals surface area contributed by atoms with E-state index >= 15 is 0 Å². The van der Waals surface area contributed by atoms with Crippen molar-refractivity contribution in [2.75, 3.05) is 13.3 Å². The molecule has 0 aromatic heterocycles. The Kier molecular flexibility index (Phi) is 9.77. The minimum atomic E-state index is -1.88. The van der Waals surface area contributed by atoms with Gasteiger partial charge >= 0.3 is 0 Å². The first-order valence-electron chi connectivity index (χ1n) is 11.7. The first-order chi connectivity index (χ1) is 14.5. The lowest BCUT2D eigenvalue weighted by atomic mass is 10.00. The maximum Gasteiger partial charge on any atom is 0.134 e. The van der Waals surface area contributed by atoms with Crippen LogP contribution >= 0.6 is 0 Å². The molecule has 0 atom stereocenters. The number of hydrogen-bond acceptors (Lipinski definition) is 3. The Balaban J connectivity index is 2.34. The minimum absolute atomic E-state index is 0.475. The monoisotopic (exact) mass is 428 g/mol. The molecule has 3 nitrogen and oxygen atoms in total. The van der Waals surface area contributed by atoms with Crippen molar-refractivity contribution in [2.45, 2.75) is 78.3 Å². The number of phenols is 1. The van der Waals surface area contributed by atoms with Crippen molar-refractivity contribution in [3.63, 3.8) is 0 Å². The van der Waals surface area contributed by atoms with Crippen LogP contribution in [0.1, 0.15) is 64.5 Å². The fourth-order valence-corrected chi connectivity index (χ4v) is 7.57. The number of hydrogen-bond donors (Lipinski definition) is 1. The maximum absolute atomic E-state index is 10.8. The standard InChI is InChI=1S/C26H40O3Si/c1-6-10-14-21-18-23(19-22(26(21)27)15-11-7-2)29-20-30(8-3,9-4)25-17-13-12-16-24(25)28-5/h12-13,16-19,27H,6-11,14-15,20H2,1-5H3. The molecule has 166 valence electrons. The smallest absolute Gasteiger partial charge is 0.134 e. The molecule has 0 fully saturated rings. The molecule has 2 aromatic carbocycles. The minimum Gasteiger partial charge on any atom is -0.507 e. The first-order valence-corrected chi connectivity index (χ1v) is 14.3. The molecule has 0 aliphatic carbocycles. The zero-order valence-electron chi connectivity index (χ0n) is 19.6. The SMILES string of the molecule is CCCCc1cc(OC[Si](CC)(CC)c2ccccc2OC)cc(CCCC)c1O. The number of ether oxygens (including phenoxy) is 2. The summed E-state index contributed by atoms with van der Waals surface area (Å²) in [6, 6.07) is 14.8. The van der Waals surface area contributed by atoms with E-state index in [1.54, 1.807) is 7.11 Å². The van der Waals surface area contributed by atoms with Crippen LogP contribution in [-0.2, 0) is 12.8 Å². The number of rotatable bonds is 13. The molecular formula is C26H40O3Si. The van der Waals surface area contributed by atoms with E-state index in [0.29, 0.717) is 5.75 Å². The van der Waals surface area contributed by atoms with Gasteiger partial charge in [0.2, 0.25) is 0 Å². The fourth-order valence-electron chi connectivity index (χ4n) is 4.14. The van der Waals surface area contributed by atoms with Gasteiger partial charge in [0.15, 0.2) is 0 Å². The van der Waals surface area contributed by atoms with Crippen LogP contribution < -0.4 is 14.7 Å². The lowest BCUT2D eigenvalue weighted by Crippen LogP contribution is -2.52. The molecule has 0 radical (unpaired) electrons. The normalized spacial score (nSPS) is 11.5. The van der Waals surface area contributed by atoms with Crippen LogP contribution in [-0.4, -0.2) is 26.5 Å². The van der Waals surface area contributed by atoms with Gasteiger partial charge in [0.25, 0.3) is 0 Å². The number of unbranched alkanes of at least 4 members (excludes halogenated alkanes) is 2. The van der Waals surface area contributed by atoms with E-state index in [-0.39, 0.29) is 0 Å². The van der Waals surface area contributed by atoms with Crippen molar-refractivity contribution in [3.8, 4) is 17.2 Å². The predicted octanol–water partition coefficient (Wildman–Crippen LogP) is 6.40. The van der Waals surface area contributed by atoms with Gasteiger partial charge in [-0.3, -0.25) is 0 Å². The van der Waals surface area contributed by atoms with Crippen molar-refractivity contribution in [1.29, 1.82) is 0 Å². The molecule has 0 heterocycles. The molecule has 0 spiro atoms. The van der Waals surface area contributed by atoms with Crippen molar-refractivity contribution >= 4 is 13.3 Å². The van der Waals surface area contributed by atoms with Crippen molar-refractivity contribution in [2.24, 2.45) is 0 Å². The summed E-state index contributed by atoms with van der Waals surface area (Å²) in [4.78, 5) is 0. The Hall–Kier alpha value is -1.94. The summed E-state index contributed by atoms with van der Waals surface area (Å²) in [6.45, 7) is 8.93. The Labute approximate surface area is 184 Å². The van der Waals surface area contributed by atoms with Crippen LogP contribution in [0.15, 0.2) is 36.4 Å². The van der Waals surface area contributed by atoms with Crippen LogP contribution in [0, 0.1) is 0 Å². The van der Waals surface area contributed by atoms with Crippen LogP contribution in [0.4, 0.5) is 0 Å². The van der Waals surface area contributed by atoms with E-state index in [1.165, 1.54) is 5.19 Å². The van der Waals surface area contributed by atoms with E-state index in [2.05, 4.69) is 58.0 Å². The van der Waals surface area contributed by atoms with Crippen molar-refractivity contribution in [1.82, 2.24) is 0 Å². The van der Waals surface area contributed by atoms with Crippen molar-refractivity contribution in [3.05, 3.63) is 47.5 Å². The van der Waals surface area contributed by atoms with Gasteiger partial charge in [-0.25, -0.2) is 0 Å². The number of para-hydroxylation sites is 1. The summed E-state index contributed by atoms with van der Waals surface area (Å²) in [6.07, 6.45) is 6.91. The first kappa shape index (κ1) is 24.3. The fraction of sp³-hybridized carbons (Fsp3) is 0.538. The van der Waals surface area contributed by atoms with E-state index < -0.39 is 8.07 Å². The summed E-state index contributed by atoms with van der Waals surface area (Å²) in [5, 5.41) is 12.1. The van der Waals surface area contributed by atoms with E-state index in [4.69, 9.17) is 9.47 Å². The summed E-state index contributed by atoms with van der Waals surface area (Å²) in [7, 11) is -0.123. The van der Waals surface area contributed by atoms with Crippen LogP contribution in [0.5, 0.6) is 17.2 Å². The molecule has 2 aromatic rings. The molecule has 0 unspecified atom stereocenters. The second-order valence-electron chi connectivity index (χ2n) is 8.27. The maximum atomic E-state index is 10.8. The van der Waals surface area contributed by atoms with Gasteiger partial charge in [0.1, 0.15) is 25.3 Å². The quantitative estimate of drug-likeness (QED) is 0.375. The van der Waals surface area contributed by atoms with Gasteiger partial charge < -0.3 is 14.6 Å². The number of phenolic OH excluding ortho intramolecular Hbond substituents is 1. The van der Waals surface area contributed by atoms with Crippen LogP contribution in [0.3, 0.4) is 0 Å². The molecule has 1 N–H and O–H groups in total. The lowest BCUT2D eigenvalue weighted by molar-refractivity contribution is 0.372. The second-order valence-corrected chi connectivity index (χ2v) is 13.1. The van der Waals surface area contributed by atoms with Gasteiger partial charge in [-0.1, -0.05) is 70.8 Å². The third-order valence-electron chi connectivity index (χ3n) is 6.39.